The van der Waals surface area contributed by atoms with E-state index in [1.54, 1.807) is 12.1 Å². The summed E-state index contributed by atoms with van der Waals surface area (Å²) in [6.45, 7) is 0. The molecule has 1 aromatic heterocycles. The van der Waals surface area contributed by atoms with Crippen LogP contribution < -0.4 is 15.0 Å². The van der Waals surface area contributed by atoms with E-state index in [-0.39, 0.29) is 11.4 Å². The highest BCUT2D eigenvalue weighted by atomic mass is 35.5. The van der Waals surface area contributed by atoms with Gasteiger partial charge in [0.1, 0.15) is 0 Å². The number of methoxy groups -OCH3 is 2. The summed E-state index contributed by atoms with van der Waals surface area (Å²) in [5, 5.41) is 6.89. The molecule has 0 radical (unpaired) electrons. The van der Waals surface area contributed by atoms with Crippen molar-refractivity contribution < 1.29 is 9.47 Å². The summed E-state index contributed by atoms with van der Waals surface area (Å²) in [4.78, 5) is 11.8. The zero-order chi connectivity index (χ0) is 14.0. The first-order valence-electron chi connectivity index (χ1n) is 5.46. The van der Waals surface area contributed by atoms with Crippen molar-refractivity contribution in [2.45, 2.75) is 5.38 Å². The fraction of sp³-hybridized carbons (Fsp3) is 0.333. The van der Waals surface area contributed by atoms with Gasteiger partial charge in [-0.05, 0) is 12.1 Å². The van der Waals surface area contributed by atoms with E-state index in [1.165, 1.54) is 14.2 Å². The van der Waals surface area contributed by atoms with Gasteiger partial charge in [0.05, 0.1) is 30.7 Å². The Labute approximate surface area is 119 Å². The Morgan fingerprint density at radius 3 is 2.37 bits per heavy atom. The number of hydrogen-bond donors (Lipinski definition) is 1. The number of hydrogen-bond acceptors (Lipinski definition) is 4. The van der Waals surface area contributed by atoms with Gasteiger partial charge < -0.3 is 9.47 Å². The molecule has 1 unspecified atom stereocenters. The average molecular weight is 303 g/mol. The number of alkyl halides is 2. The number of rotatable bonds is 4. The maximum absolute atomic E-state index is 11.8. The fourth-order valence-electron chi connectivity index (χ4n) is 1.82. The number of benzene rings is 1. The van der Waals surface area contributed by atoms with E-state index in [0.29, 0.717) is 28.0 Å². The number of ether oxygens (including phenoxy) is 2. The largest absolute Gasteiger partial charge is 0.493 e. The third-order valence-corrected chi connectivity index (χ3v) is 3.58. The normalized spacial score (nSPS) is 12.4. The molecule has 0 amide bonds. The molecule has 0 aliphatic rings. The van der Waals surface area contributed by atoms with Crippen LogP contribution in [0.15, 0.2) is 16.9 Å². The Kier molecular flexibility index (Phi) is 4.17. The van der Waals surface area contributed by atoms with Gasteiger partial charge in [0.2, 0.25) is 0 Å². The predicted molar refractivity (Wildman–Crippen MR) is 74.8 cm³/mol. The van der Waals surface area contributed by atoms with Crippen molar-refractivity contribution >= 4 is 34.0 Å². The lowest BCUT2D eigenvalue weighted by molar-refractivity contribution is 0.356. The summed E-state index contributed by atoms with van der Waals surface area (Å²) in [5.41, 5.74) is 0.186. The zero-order valence-corrected chi connectivity index (χ0v) is 11.9. The first-order valence-corrected chi connectivity index (χ1v) is 6.43. The molecule has 1 aromatic carbocycles. The topological polar surface area (TPSA) is 64.2 Å². The molecule has 0 saturated carbocycles. The highest BCUT2D eigenvalue weighted by Gasteiger charge is 2.17. The van der Waals surface area contributed by atoms with Crippen molar-refractivity contribution in [1.29, 1.82) is 0 Å². The zero-order valence-electron chi connectivity index (χ0n) is 10.4. The van der Waals surface area contributed by atoms with Crippen LogP contribution in [0.1, 0.15) is 11.1 Å². The van der Waals surface area contributed by atoms with E-state index in [1.807, 2.05) is 0 Å². The van der Waals surface area contributed by atoms with Crippen LogP contribution in [0.2, 0.25) is 0 Å². The first kappa shape index (κ1) is 14.0. The summed E-state index contributed by atoms with van der Waals surface area (Å²) < 4.78 is 10.4. The molecule has 1 heterocycles. The second kappa shape index (κ2) is 5.67. The van der Waals surface area contributed by atoms with Crippen LogP contribution in [0.5, 0.6) is 11.5 Å². The second-order valence-electron chi connectivity index (χ2n) is 3.81. The molecule has 2 aromatic rings. The molecule has 7 heteroatoms. The second-order valence-corrected chi connectivity index (χ2v) is 4.65. The van der Waals surface area contributed by atoms with Crippen LogP contribution in [0, 0.1) is 0 Å². The molecule has 0 aliphatic heterocycles. The van der Waals surface area contributed by atoms with Gasteiger partial charge in [-0.3, -0.25) is 4.79 Å². The van der Waals surface area contributed by atoms with Crippen molar-refractivity contribution in [1.82, 2.24) is 10.2 Å². The standard InChI is InChI=1S/C12H12Cl2N2O3/c1-18-9-3-6-7(4-10(9)19-2)12(17)16-15-11(6)8(14)5-13/h3-4,8H,5H2,1-2H3,(H,16,17). The van der Waals surface area contributed by atoms with E-state index < -0.39 is 5.38 Å². The maximum Gasteiger partial charge on any atom is 0.272 e. The van der Waals surface area contributed by atoms with Gasteiger partial charge in [-0.25, -0.2) is 5.10 Å². The van der Waals surface area contributed by atoms with Crippen molar-refractivity contribution in [3.63, 3.8) is 0 Å². The minimum absolute atomic E-state index is 0.185. The Bertz CT molecular complexity index is 657. The summed E-state index contributed by atoms with van der Waals surface area (Å²) in [6, 6.07) is 3.27. The average Bonchev–Trinajstić information content (AvgIpc) is 2.45. The Balaban J connectivity index is 2.81. The number of aromatic nitrogens is 2. The summed E-state index contributed by atoms with van der Waals surface area (Å²) in [6.07, 6.45) is 0. The molecule has 0 bridgehead atoms. The van der Waals surface area contributed by atoms with Gasteiger partial charge in [0.15, 0.2) is 11.5 Å². The van der Waals surface area contributed by atoms with Crippen molar-refractivity contribution in [3.05, 3.63) is 28.2 Å². The van der Waals surface area contributed by atoms with E-state index in [9.17, 15) is 4.79 Å². The minimum Gasteiger partial charge on any atom is -0.493 e. The molecule has 19 heavy (non-hydrogen) atoms. The van der Waals surface area contributed by atoms with Crippen LogP contribution in [0.25, 0.3) is 10.8 Å². The third-order valence-electron chi connectivity index (χ3n) is 2.75. The number of nitrogens with zero attached hydrogens (tertiary/aromatic N) is 1. The first-order chi connectivity index (χ1) is 9.12. The number of aromatic amines is 1. The molecule has 1 N–H and O–H groups in total. The number of H-pyrrole nitrogens is 1. The van der Waals surface area contributed by atoms with Gasteiger partial charge in [0, 0.05) is 11.3 Å². The lowest BCUT2D eigenvalue weighted by Gasteiger charge is -2.12. The monoisotopic (exact) mass is 302 g/mol. The van der Waals surface area contributed by atoms with Crippen LogP contribution in [-0.2, 0) is 0 Å². The molecular formula is C12H12Cl2N2O3. The van der Waals surface area contributed by atoms with E-state index in [0.717, 1.165) is 0 Å². The van der Waals surface area contributed by atoms with Crippen LogP contribution in [0.4, 0.5) is 0 Å². The van der Waals surface area contributed by atoms with E-state index in [2.05, 4.69) is 10.2 Å². The third kappa shape index (κ3) is 2.48. The number of halogens is 2. The van der Waals surface area contributed by atoms with Crippen molar-refractivity contribution in [3.8, 4) is 11.5 Å². The summed E-state index contributed by atoms with van der Waals surface area (Å²) in [7, 11) is 3.02. The van der Waals surface area contributed by atoms with E-state index in [4.69, 9.17) is 32.7 Å². The molecule has 0 spiro atoms. The number of nitrogens with one attached hydrogen (secondary N) is 1. The molecule has 1 atom stereocenters. The molecule has 0 fully saturated rings. The van der Waals surface area contributed by atoms with Gasteiger partial charge in [-0.1, -0.05) is 0 Å². The van der Waals surface area contributed by atoms with Gasteiger partial charge >= 0.3 is 0 Å². The van der Waals surface area contributed by atoms with Gasteiger partial charge in [0.25, 0.3) is 5.56 Å². The fourth-order valence-corrected chi connectivity index (χ4v) is 2.13. The smallest absolute Gasteiger partial charge is 0.272 e. The lowest BCUT2D eigenvalue weighted by Crippen LogP contribution is -2.13. The molecule has 2 rings (SSSR count). The molecule has 102 valence electrons. The molecule has 5 nitrogen and oxygen atoms in total. The van der Waals surface area contributed by atoms with E-state index >= 15 is 0 Å². The van der Waals surface area contributed by atoms with Gasteiger partial charge in [-0.2, -0.15) is 5.10 Å². The molecule has 0 aliphatic carbocycles. The Hall–Kier alpha value is -1.46. The van der Waals surface area contributed by atoms with Crippen LogP contribution >= 0.6 is 23.2 Å². The predicted octanol–water partition coefficient (Wildman–Crippen LogP) is 2.46. The van der Waals surface area contributed by atoms with Crippen molar-refractivity contribution in [2.24, 2.45) is 0 Å². The van der Waals surface area contributed by atoms with Crippen LogP contribution in [-0.4, -0.2) is 30.3 Å². The lowest BCUT2D eigenvalue weighted by atomic mass is 10.1. The van der Waals surface area contributed by atoms with Crippen LogP contribution in [0.3, 0.4) is 0 Å². The van der Waals surface area contributed by atoms with Gasteiger partial charge in [-0.15, -0.1) is 23.2 Å². The highest BCUT2D eigenvalue weighted by Crippen LogP contribution is 2.34. The Morgan fingerprint density at radius 2 is 1.84 bits per heavy atom. The SMILES string of the molecule is COc1cc2c(C(Cl)CCl)n[nH]c(=O)c2cc1OC. The minimum atomic E-state index is -0.501. The molecular weight excluding hydrogens is 291 g/mol. The number of fused-ring (bicyclic) bond motifs is 1. The van der Waals surface area contributed by atoms with Crippen molar-refractivity contribution in [2.75, 3.05) is 20.1 Å². The molecule has 0 saturated heterocycles. The highest BCUT2D eigenvalue weighted by molar-refractivity contribution is 6.28. The quantitative estimate of drug-likeness (QED) is 0.881. The summed E-state index contributed by atoms with van der Waals surface area (Å²) >= 11 is 11.8. The summed E-state index contributed by atoms with van der Waals surface area (Å²) in [5.74, 6) is 1.15. The maximum atomic E-state index is 11.8. The Morgan fingerprint density at radius 1 is 1.26 bits per heavy atom.